The Bertz CT molecular complexity index is 569. The third-order valence-electron chi connectivity index (χ3n) is 3.62. The van der Waals surface area contributed by atoms with Crippen LogP contribution in [0.5, 0.6) is 0 Å². The Morgan fingerprint density at radius 2 is 1.95 bits per heavy atom. The van der Waals surface area contributed by atoms with Crippen molar-refractivity contribution < 1.29 is 14.7 Å². The zero-order chi connectivity index (χ0) is 15.4. The van der Waals surface area contributed by atoms with Gasteiger partial charge < -0.3 is 15.3 Å². The van der Waals surface area contributed by atoms with Gasteiger partial charge in [0.1, 0.15) is 0 Å². The summed E-state index contributed by atoms with van der Waals surface area (Å²) in [6.45, 7) is 0. The summed E-state index contributed by atoms with van der Waals surface area (Å²) in [5.74, 6) is -2.43. The lowest BCUT2D eigenvalue weighted by molar-refractivity contribution is -0.146. The highest BCUT2D eigenvalue weighted by atomic mass is 16.4. The minimum absolute atomic E-state index is 0.275. The van der Waals surface area contributed by atoms with Crippen LogP contribution in [-0.4, -0.2) is 36.1 Å². The Morgan fingerprint density at radius 3 is 2.57 bits per heavy atom. The first kappa shape index (κ1) is 15.0. The molecule has 2 N–H and O–H groups in total. The molecule has 1 amide bonds. The Kier molecular flexibility index (Phi) is 4.57. The molecule has 6 nitrogen and oxygen atoms in total. The number of hydrogen-bond donors (Lipinski definition) is 2. The maximum absolute atomic E-state index is 12.4. The van der Waals surface area contributed by atoms with Gasteiger partial charge in [0.15, 0.2) is 0 Å². The molecule has 1 aliphatic rings. The second-order valence-corrected chi connectivity index (χ2v) is 5.27. The van der Waals surface area contributed by atoms with E-state index in [1.54, 1.807) is 18.5 Å². The van der Waals surface area contributed by atoms with E-state index in [-0.39, 0.29) is 5.91 Å². The Balaban J connectivity index is 2.18. The highest BCUT2D eigenvalue weighted by Crippen LogP contribution is 2.29. The number of aromatic nitrogens is 1. The van der Waals surface area contributed by atoms with Gasteiger partial charge in [-0.05, 0) is 18.9 Å². The van der Waals surface area contributed by atoms with Gasteiger partial charge in [-0.15, -0.1) is 0 Å². The van der Waals surface area contributed by atoms with Crippen LogP contribution in [0.3, 0.4) is 0 Å². The van der Waals surface area contributed by atoms with Crippen molar-refractivity contribution in [2.24, 2.45) is 11.8 Å². The Labute approximate surface area is 123 Å². The first-order chi connectivity index (χ1) is 10.0. The van der Waals surface area contributed by atoms with Gasteiger partial charge in [0.2, 0.25) is 5.91 Å². The van der Waals surface area contributed by atoms with Crippen LogP contribution in [0, 0.1) is 11.8 Å². The van der Waals surface area contributed by atoms with Crippen LogP contribution < -0.4 is 10.2 Å². The SMILES string of the molecule is CN(C)c1ccncc1NC(=O)[C@@H]1CC=CC[C@@H]1C(=O)O. The van der Waals surface area contributed by atoms with Crippen molar-refractivity contribution in [3.8, 4) is 0 Å². The van der Waals surface area contributed by atoms with E-state index in [0.717, 1.165) is 5.69 Å². The van der Waals surface area contributed by atoms with E-state index in [2.05, 4.69) is 10.3 Å². The van der Waals surface area contributed by atoms with E-state index < -0.39 is 17.8 Å². The molecule has 0 bridgehead atoms. The number of hydrogen-bond acceptors (Lipinski definition) is 4. The van der Waals surface area contributed by atoms with Crippen molar-refractivity contribution in [3.05, 3.63) is 30.6 Å². The molecule has 1 aromatic rings. The lowest BCUT2D eigenvalue weighted by Crippen LogP contribution is -2.35. The molecule has 0 fully saturated rings. The van der Waals surface area contributed by atoms with E-state index in [4.69, 9.17) is 0 Å². The Hall–Kier alpha value is -2.37. The first-order valence-electron chi connectivity index (χ1n) is 6.80. The molecule has 2 rings (SSSR count). The molecular weight excluding hydrogens is 270 g/mol. The van der Waals surface area contributed by atoms with Crippen LogP contribution in [0.15, 0.2) is 30.6 Å². The van der Waals surface area contributed by atoms with Crippen LogP contribution in [-0.2, 0) is 9.59 Å². The van der Waals surface area contributed by atoms with Gasteiger partial charge in [0.05, 0.1) is 29.4 Å². The van der Waals surface area contributed by atoms with Gasteiger partial charge in [0.25, 0.3) is 0 Å². The average molecular weight is 289 g/mol. The summed E-state index contributed by atoms with van der Waals surface area (Å²) in [6, 6.07) is 1.80. The summed E-state index contributed by atoms with van der Waals surface area (Å²) in [6.07, 6.45) is 7.73. The van der Waals surface area contributed by atoms with Crippen LogP contribution in [0.1, 0.15) is 12.8 Å². The number of carboxylic acids is 1. The molecule has 1 heterocycles. The molecule has 6 heteroatoms. The van der Waals surface area contributed by atoms with E-state index in [9.17, 15) is 14.7 Å². The van der Waals surface area contributed by atoms with Gasteiger partial charge in [-0.1, -0.05) is 12.2 Å². The summed E-state index contributed by atoms with van der Waals surface area (Å²) in [5.41, 5.74) is 1.42. The van der Waals surface area contributed by atoms with Gasteiger partial charge in [-0.2, -0.15) is 0 Å². The monoisotopic (exact) mass is 289 g/mol. The molecule has 21 heavy (non-hydrogen) atoms. The molecule has 0 aromatic carbocycles. The highest BCUT2D eigenvalue weighted by Gasteiger charge is 2.34. The van der Waals surface area contributed by atoms with Crippen molar-refractivity contribution >= 4 is 23.3 Å². The molecule has 1 aliphatic carbocycles. The number of nitrogens with zero attached hydrogens (tertiary/aromatic N) is 2. The third-order valence-corrected chi connectivity index (χ3v) is 3.62. The van der Waals surface area contributed by atoms with Crippen LogP contribution in [0.2, 0.25) is 0 Å². The summed E-state index contributed by atoms with van der Waals surface area (Å²) >= 11 is 0. The maximum atomic E-state index is 12.4. The minimum Gasteiger partial charge on any atom is -0.481 e. The minimum atomic E-state index is -0.932. The van der Waals surface area contributed by atoms with Gasteiger partial charge in [-0.25, -0.2) is 0 Å². The number of aliphatic carboxylic acids is 1. The molecule has 0 aliphatic heterocycles. The average Bonchev–Trinajstić information content (AvgIpc) is 2.47. The van der Waals surface area contributed by atoms with Crippen molar-refractivity contribution in [1.82, 2.24) is 4.98 Å². The van der Waals surface area contributed by atoms with E-state index >= 15 is 0 Å². The molecule has 0 saturated heterocycles. The van der Waals surface area contributed by atoms with Gasteiger partial charge >= 0.3 is 5.97 Å². The van der Waals surface area contributed by atoms with E-state index in [0.29, 0.717) is 18.5 Å². The molecule has 0 radical (unpaired) electrons. The maximum Gasteiger partial charge on any atom is 0.307 e. The highest BCUT2D eigenvalue weighted by molar-refractivity contribution is 5.97. The number of pyridine rings is 1. The molecule has 0 saturated carbocycles. The topological polar surface area (TPSA) is 82.5 Å². The number of amides is 1. The summed E-state index contributed by atoms with van der Waals surface area (Å²) in [4.78, 5) is 29.5. The normalized spacial score (nSPS) is 20.9. The summed E-state index contributed by atoms with van der Waals surface area (Å²) < 4.78 is 0. The number of allylic oxidation sites excluding steroid dienone is 2. The fraction of sp³-hybridized carbons (Fsp3) is 0.400. The lowest BCUT2D eigenvalue weighted by Gasteiger charge is -2.25. The van der Waals surface area contributed by atoms with Crippen molar-refractivity contribution in [3.63, 3.8) is 0 Å². The van der Waals surface area contributed by atoms with Gasteiger partial charge in [0, 0.05) is 20.3 Å². The number of carbonyl (C=O) groups is 2. The molecule has 0 spiro atoms. The van der Waals surface area contributed by atoms with Crippen molar-refractivity contribution in [1.29, 1.82) is 0 Å². The number of anilines is 2. The van der Waals surface area contributed by atoms with Crippen molar-refractivity contribution in [2.75, 3.05) is 24.3 Å². The van der Waals surface area contributed by atoms with Crippen LogP contribution in [0.25, 0.3) is 0 Å². The summed E-state index contributed by atoms with van der Waals surface area (Å²) in [7, 11) is 3.74. The fourth-order valence-electron chi connectivity index (χ4n) is 2.48. The number of nitrogens with one attached hydrogen (secondary N) is 1. The van der Waals surface area contributed by atoms with Crippen LogP contribution in [0.4, 0.5) is 11.4 Å². The lowest BCUT2D eigenvalue weighted by atomic mass is 9.82. The molecule has 2 atom stereocenters. The smallest absolute Gasteiger partial charge is 0.307 e. The molecule has 0 unspecified atom stereocenters. The summed E-state index contributed by atoms with van der Waals surface area (Å²) in [5, 5.41) is 12.0. The standard InChI is InChI=1S/C15H19N3O3/c1-18(2)13-7-8-16-9-12(13)17-14(19)10-5-3-4-6-11(10)15(20)21/h3-4,7-11H,5-6H2,1-2H3,(H,17,19)(H,20,21)/t10-,11+/m1/s1. The predicted octanol–water partition coefficient (Wildman–Crippen LogP) is 1.75. The number of carboxylic acid groups (broad SMARTS) is 1. The predicted molar refractivity (Wildman–Crippen MR) is 80.2 cm³/mol. The largest absolute Gasteiger partial charge is 0.481 e. The third kappa shape index (κ3) is 3.39. The number of rotatable bonds is 4. The second-order valence-electron chi connectivity index (χ2n) is 5.27. The zero-order valence-electron chi connectivity index (χ0n) is 12.1. The second kappa shape index (κ2) is 6.39. The van der Waals surface area contributed by atoms with Crippen molar-refractivity contribution in [2.45, 2.75) is 12.8 Å². The first-order valence-corrected chi connectivity index (χ1v) is 6.80. The molecular formula is C15H19N3O3. The molecule has 112 valence electrons. The fourth-order valence-corrected chi connectivity index (χ4v) is 2.48. The van der Waals surface area contributed by atoms with Gasteiger partial charge in [-0.3, -0.25) is 14.6 Å². The van der Waals surface area contributed by atoms with E-state index in [1.165, 1.54) is 0 Å². The number of carbonyl (C=O) groups excluding carboxylic acids is 1. The Morgan fingerprint density at radius 1 is 1.29 bits per heavy atom. The zero-order valence-corrected chi connectivity index (χ0v) is 12.1. The van der Waals surface area contributed by atoms with E-state index in [1.807, 2.05) is 31.1 Å². The van der Waals surface area contributed by atoms with Crippen LogP contribution >= 0.6 is 0 Å². The molecule has 1 aromatic heterocycles. The quantitative estimate of drug-likeness (QED) is 0.825.